The Morgan fingerprint density at radius 1 is 1.21 bits per heavy atom. The van der Waals surface area contributed by atoms with Crippen molar-refractivity contribution in [2.75, 3.05) is 5.32 Å². The van der Waals surface area contributed by atoms with Crippen LogP contribution in [0.4, 0.5) is 10.1 Å². The van der Waals surface area contributed by atoms with Gasteiger partial charge in [0.25, 0.3) is 11.5 Å². The monoisotopic (exact) mass is 394 g/mol. The normalized spacial score (nSPS) is 11.0. The van der Waals surface area contributed by atoms with Gasteiger partial charge in [0.05, 0.1) is 21.8 Å². The van der Waals surface area contributed by atoms with Gasteiger partial charge in [0, 0.05) is 11.8 Å². The van der Waals surface area contributed by atoms with Crippen LogP contribution in [0.2, 0.25) is 0 Å². The molecule has 1 N–H and O–H groups in total. The molecule has 1 amide bonds. The van der Waals surface area contributed by atoms with Gasteiger partial charge >= 0.3 is 0 Å². The van der Waals surface area contributed by atoms with Crippen molar-refractivity contribution in [3.63, 3.8) is 0 Å². The van der Waals surface area contributed by atoms with E-state index in [9.17, 15) is 14.0 Å². The molecule has 0 radical (unpaired) electrons. The Morgan fingerprint density at radius 2 is 2.04 bits per heavy atom. The summed E-state index contributed by atoms with van der Waals surface area (Å²) in [5.41, 5.74) is 1.53. The van der Waals surface area contributed by atoms with Gasteiger partial charge in [-0.3, -0.25) is 14.0 Å². The lowest BCUT2D eigenvalue weighted by Gasteiger charge is -2.08. The number of aryl methyl sites for hydroxylation is 2. The van der Waals surface area contributed by atoms with Crippen molar-refractivity contribution in [3.8, 4) is 10.4 Å². The van der Waals surface area contributed by atoms with Gasteiger partial charge in [0.15, 0.2) is 0 Å². The summed E-state index contributed by atoms with van der Waals surface area (Å²) < 4.78 is 15.5. The zero-order valence-electron chi connectivity index (χ0n) is 15.1. The van der Waals surface area contributed by atoms with Gasteiger partial charge in [-0.1, -0.05) is 6.07 Å². The number of nitrogens with one attached hydrogen (secondary N) is 1. The predicted octanol–water partition coefficient (Wildman–Crippen LogP) is 3.83. The topological polar surface area (TPSA) is 76.4 Å². The van der Waals surface area contributed by atoms with E-state index in [1.54, 1.807) is 30.5 Å². The molecule has 0 bridgehead atoms. The standard InChI is InChI=1S/C20H15FN4O2S/c1-11-18(28-12(2)23-11)13-7-14(9-15(21)8-13)19(26)24-16-10-22-17-5-3-4-6-25(17)20(16)27/h3-10H,1-2H3,(H,24,26). The number of amides is 1. The fraction of sp³-hybridized carbons (Fsp3) is 0.100. The van der Waals surface area contributed by atoms with Crippen molar-refractivity contribution in [3.05, 3.63) is 81.2 Å². The molecule has 3 aromatic heterocycles. The number of aromatic nitrogens is 3. The first-order valence-electron chi connectivity index (χ1n) is 8.45. The number of pyridine rings is 1. The molecule has 0 aliphatic carbocycles. The maximum absolute atomic E-state index is 14.2. The van der Waals surface area contributed by atoms with Gasteiger partial charge < -0.3 is 5.32 Å². The first kappa shape index (κ1) is 18.0. The first-order chi connectivity index (χ1) is 13.4. The van der Waals surface area contributed by atoms with Crippen molar-refractivity contribution >= 4 is 28.6 Å². The maximum Gasteiger partial charge on any atom is 0.281 e. The number of anilines is 1. The molecule has 1 aromatic carbocycles. The second kappa shape index (κ2) is 6.97. The summed E-state index contributed by atoms with van der Waals surface area (Å²) in [5, 5.41) is 3.39. The van der Waals surface area contributed by atoms with Crippen LogP contribution in [0.1, 0.15) is 21.1 Å². The zero-order chi connectivity index (χ0) is 19.8. The number of thiazole rings is 1. The molecule has 3 heterocycles. The molecule has 0 spiro atoms. The molecule has 0 aliphatic rings. The SMILES string of the molecule is Cc1nc(C)c(-c2cc(F)cc(C(=O)Nc3cnc4ccccn4c3=O)c2)s1. The van der Waals surface area contributed by atoms with Gasteiger partial charge in [0.1, 0.15) is 17.2 Å². The predicted molar refractivity (Wildman–Crippen MR) is 106 cm³/mol. The fourth-order valence-corrected chi connectivity index (χ4v) is 3.86. The lowest BCUT2D eigenvalue weighted by Crippen LogP contribution is -2.23. The lowest BCUT2D eigenvalue weighted by atomic mass is 10.1. The van der Waals surface area contributed by atoms with Crippen LogP contribution in [-0.2, 0) is 0 Å². The Morgan fingerprint density at radius 3 is 2.79 bits per heavy atom. The van der Waals surface area contributed by atoms with E-state index in [0.717, 1.165) is 21.6 Å². The van der Waals surface area contributed by atoms with Gasteiger partial charge in [-0.05, 0) is 49.7 Å². The number of carbonyl (C=O) groups is 1. The van der Waals surface area contributed by atoms with Gasteiger partial charge in [0.2, 0.25) is 0 Å². The summed E-state index contributed by atoms with van der Waals surface area (Å²) in [6.45, 7) is 3.71. The van der Waals surface area contributed by atoms with Crippen LogP contribution in [0.3, 0.4) is 0 Å². The number of carbonyl (C=O) groups excluding carboxylic acids is 1. The fourth-order valence-electron chi connectivity index (χ4n) is 2.96. The number of benzene rings is 1. The zero-order valence-corrected chi connectivity index (χ0v) is 15.9. The summed E-state index contributed by atoms with van der Waals surface area (Å²) in [5.74, 6) is -1.13. The summed E-state index contributed by atoms with van der Waals surface area (Å²) in [6, 6.07) is 9.23. The van der Waals surface area contributed by atoms with Gasteiger partial charge in [-0.15, -0.1) is 11.3 Å². The van der Waals surface area contributed by atoms with Crippen LogP contribution in [0, 0.1) is 19.7 Å². The van der Waals surface area contributed by atoms with Crippen LogP contribution < -0.4 is 10.9 Å². The molecule has 0 saturated heterocycles. The number of rotatable bonds is 3. The summed E-state index contributed by atoms with van der Waals surface area (Å²) >= 11 is 1.43. The molecule has 4 rings (SSSR count). The number of hydrogen-bond acceptors (Lipinski definition) is 5. The minimum atomic E-state index is -0.588. The highest BCUT2D eigenvalue weighted by Crippen LogP contribution is 2.31. The first-order valence-corrected chi connectivity index (χ1v) is 9.27. The molecular weight excluding hydrogens is 379 g/mol. The molecule has 0 saturated carbocycles. The molecule has 8 heteroatoms. The highest BCUT2D eigenvalue weighted by molar-refractivity contribution is 7.15. The van der Waals surface area contributed by atoms with Gasteiger partial charge in [-0.2, -0.15) is 0 Å². The van der Waals surface area contributed by atoms with E-state index >= 15 is 0 Å². The molecule has 4 aromatic rings. The number of hydrogen-bond donors (Lipinski definition) is 1. The minimum Gasteiger partial charge on any atom is -0.316 e. The third-order valence-electron chi connectivity index (χ3n) is 4.19. The number of fused-ring (bicyclic) bond motifs is 1. The van der Waals surface area contributed by atoms with Crippen molar-refractivity contribution in [1.82, 2.24) is 14.4 Å². The molecule has 6 nitrogen and oxygen atoms in total. The average molecular weight is 394 g/mol. The lowest BCUT2D eigenvalue weighted by molar-refractivity contribution is 0.102. The van der Waals surface area contributed by atoms with Crippen molar-refractivity contribution in [2.45, 2.75) is 13.8 Å². The molecule has 0 fully saturated rings. The third kappa shape index (κ3) is 3.29. The van der Waals surface area contributed by atoms with Crippen molar-refractivity contribution < 1.29 is 9.18 Å². The molecule has 0 aliphatic heterocycles. The smallest absolute Gasteiger partial charge is 0.281 e. The van der Waals surface area contributed by atoms with Crippen molar-refractivity contribution in [1.29, 1.82) is 0 Å². The van der Waals surface area contributed by atoms with E-state index in [4.69, 9.17) is 0 Å². The second-order valence-corrected chi connectivity index (χ2v) is 7.44. The average Bonchev–Trinajstić information content (AvgIpc) is 3.02. The van der Waals surface area contributed by atoms with E-state index in [1.165, 1.54) is 28.0 Å². The Bertz CT molecular complexity index is 1280. The summed E-state index contributed by atoms with van der Waals surface area (Å²) in [6.07, 6.45) is 2.86. The maximum atomic E-state index is 14.2. The molecule has 0 unspecified atom stereocenters. The van der Waals surface area contributed by atoms with E-state index in [-0.39, 0.29) is 11.3 Å². The largest absolute Gasteiger partial charge is 0.316 e. The van der Waals surface area contributed by atoms with E-state index in [1.807, 2.05) is 13.8 Å². The highest BCUT2D eigenvalue weighted by Gasteiger charge is 2.15. The van der Waals surface area contributed by atoms with Gasteiger partial charge in [-0.25, -0.2) is 14.4 Å². The van der Waals surface area contributed by atoms with Crippen LogP contribution >= 0.6 is 11.3 Å². The van der Waals surface area contributed by atoms with Crippen LogP contribution in [0.25, 0.3) is 16.1 Å². The highest BCUT2D eigenvalue weighted by atomic mass is 32.1. The number of nitrogens with zero attached hydrogens (tertiary/aromatic N) is 3. The number of halogens is 1. The Hall–Kier alpha value is -3.39. The Balaban J connectivity index is 1.70. The van der Waals surface area contributed by atoms with Crippen molar-refractivity contribution in [2.24, 2.45) is 0 Å². The Kier molecular flexibility index (Phi) is 4.48. The minimum absolute atomic E-state index is 0.0179. The second-order valence-electron chi connectivity index (χ2n) is 6.24. The van der Waals surface area contributed by atoms with Crippen LogP contribution in [0.5, 0.6) is 0 Å². The molecule has 140 valence electrons. The molecule has 28 heavy (non-hydrogen) atoms. The molecule has 0 atom stereocenters. The molecular formula is C20H15FN4O2S. The van der Waals surface area contributed by atoms with Crippen LogP contribution in [0.15, 0.2) is 53.6 Å². The van der Waals surface area contributed by atoms with E-state index in [0.29, 0.717) is 11.2 Å². The quantitative estimate of drug-likeness (QED) is 0.573. The van der Waals surface area contributed by atoms with E-state index in [2.05, 4.69) is 15.3 Å². The third-order valence-corrected chi connectivity index (χ3v) is 5.31. The van der Waals surface area contributed by atoms with E-state index < -0.39 is 17.3 Å². The Labute approximate surface area is 163 Å². The summed E-state index contributed by atoms with van der Waals surface area (Å²) in [4.78, 5) is 34.5. The van der Waals surface area contributed by atoms with Crippen LogP contribution in [-0.4, -0.2) is 20.3 Å². The summed E-state index contributed by atoms with van der Waals surface area (Å²) in [7, 11) is 0.